The van der Waals surface area contributed by atoms with Crippen molar-refractivity contribution in [1.29, 1.82) is 0 Å². The molecule has 0 aromatic carbocycles. The molecule has 0 unspecified atom stereocenters. The monoisotopic (exact) mass is 338 g/mol. The number of amides is 2. The molecule has 1 atom stereocenters. The molecule has 2 aliphatic heterocycles. The van der Waals surface area contributed by atoms with Gasteiger partial charge < -0.3 is 14.9 Å². The predicted octanol–water partition coefficient (Wildman–Crippen LogP) is 2.27. The minimum Gasteiger partial charge on any atom is -0.480 e. The molecule has 0 saturated carbocycles. The van der Waals surface area contributed by atoms with Crippen molar-refractivity contribution in [1.82, 2.24) is 9.80 Å². The summed E-state index contributed by atoms with van der Waals surface area (Å²) in [5.74, 6) is -0.959. The third-order valence-corrected chi connectivity index (χ3v) is 5.08. The lowest BCUT2D eigenvalue weighted by Gasteiger charge is -2.30. The Labute approximate surface area is 144 Å². The van der Waals surface area contributed by atoms with Crippen molar-refractivity contribution < 1.29 is 19.5 Å². The number of hydrogen-bond acceptors (Lipinski definition) is 3. The van der Waals surface area contributed by atoms with E-state index in [0.29, 0.717) is 19.4 Å². The minimum atomic E-state index is -0.931. The van der Waals surface area contributed by atoms with Gasteiger partial charge in [0.2, 0.25) is 11.8 Å². The Kier molecular flexibility index (Phi) is 6.24. The SMILES string of the molecule is CC(C)(CC(=O)N1CCCCCC1)CC(=O)N1CCC[C@H]1C(=O)O. The lowest BCUT2D eigenvalue weighted by molar-refractivity contribution is -0.149. The van der Waals surface area contributed by atoms with E-state index in [0.717, 1.165) is 32.4 Å². The summed E-state index contributed by atoms with van der Waals surface area (Å²) in [7, 11) is 0. The molecule has 2 heterocycles. The van der Waals surface area contributed by atoms with Crippen LogP contribution >= 0.6 is 0 Å². The third kappa shape index (κ3) is 4.95. The van der Waals surface area contributed by atoms with E-state index < -0.39 is 17.4 Å². The maximum atomic E-state index is 12.5. The molecule has 1 N–H and O–H groups in total. The Morgan fingerprint density at radius 2 is 1.50 bits per heavy atom. The van der Waals surface area contributed by atoms with Gasteiger partial charge in [-0.3, -0.25) is 9.59 Å². The highest BCUT2D eigenvalue weighted by Gasteiger charge is 2.37. The maximum Gasteiger partial charge on any atom is 0.326 e. The molecule has 2 rings (SSSR count). The number of rotatable bonds is 5. The van der Waals surface area contributed by atoms with Crippen molar-refractivity contribution in [2.45, 2.75) is 71.3 Å². The molecule has 0 spiro atoms. The highest BCUT2D eigenvalue weighted by Crippen LogP contribution is 2.30. The Bertz CT molecular complexity index is 481. The van der Waals surface area contributed by atoms with Gasteiger partial charge in [-0.15, -0.1) is 0 Å². The first-order valence-corrected chi connectivity index (χ1v) is 9.10. The number of carbonyl (C=O) groups excluding carboxylic acids is 2. The van der Waals surface area contributed by atoms with Crippen LogP contribution in [0.5, 0.6) is 0 Å². The Morgan fingerprint density at radius 1 is 0.917 bits per heavy atom. The van der Waals surface area contributed by atoms with Gasteiger partial charge in [-0.25, -0.2) is 4.79 Å². The van der Waals surface area contributed by atoms with Crippen LogP contribution in [0.4, 0.5) is 0 Å². The molecule has 0 radical (unpaired) electrons. The van der Waals surface area contributed by atoms with Gasteiger partial charge in [-0.2, -0.15) is 0 Å². The van der Waals surface area contributed by atoms with Crippen molar-refractivity contribution in [2.24, 2.45) is 5.41 Å². The van der Waals surface area contributed by atoms with Crippen molar-refractivity contribution >= 4 is 17.8 Å². The number of carboxylic acid groups (broad SMARTS) is 1. The lowest BCUT2D eigenvalue weighted by atomic mass is 9.84. The van der Waals surface area contributed by atoms with E-state index in [1.807, 2.05) is 18.7 Å². The quantitative estimate of drug-likeness (QED) is 0.834. The molecule has 6 heteroatoms. The summed E-state index contributed by atoms with van der Waals surface area (Å²) in [5, 5.41) is 9.22. The summed E-state index contributed by atoms with van der Waals surface area (Å²) >= 11 is 0. The average molecular weight is 338 g/mol. The summed E-state index contributed by atoms with van der Waals surface area (Å²) in [5.41, 5.74) is -0.452. The number of carboxylic acids is 1. The highest BCUT2D eigenvalue weighted by atomic mass is 16.4. The van der Waals surface area contributed by atoms with Gasteiger partial charge in [0.15, 0.2) is 0 Å². The van der Waals surface area contributed by atoms with Crippen LogP contribution in [0.25, 0.3) is 0 Å². The smallest absolute Gasteiger partial charge is 0.326 e. The molecular weight excluding hydrogens is 308 g/mol. The van der Waals surface area contributed by atoms with Crippen LogP contribution in [0.1, 0.15) is 65.2 Å². The molecule has 24 heavy (non-hydrogen) atoms. The maximum absolute atomic E-state index is 12.5. The largest absolute Gasteiger partial charge is 0.480 e. The van der Waals surface area contributed by atoms with Crippen LogP contribution in [-0.4, -0.2) is 58.4 Å². The molecule has 0 aliphatic carbocycles. The molecule has 2 amide bonds. The minimum absolute atomic E-state index is 0.117. The number of aliphatic carboxylic acids is 1. The second-order valence-corrected chi connectivity index (χ2v) is 7.90. The first-order chi connectivity index (χ1) is 11.3. The second kappa shape index (κ2) is 7.99. The molecule has 0 bridgehead atoms. The van der Waals surface area contributed by atoms with Crippen LogP contribution in [0, 0.1) is 5.41 Å². The summed E-state index contributed by atoms with van der Waals surface area (Å²) in [4.78, 5) is 39.7. The average Bonchev–Trinajstić information content (AvgIpc) is 2.82. The lowest BCUT2D eigenvalue weighted by Crippen LogP contribution is -2.43. The van der Waals surface area contributed by atoms with E-state index in [2.05, 4.69) is 0 Å². The molecular formula is C18H30N2O4. The molecule has 0 aromatic rings. The Morgan fingerprint density at radius 3 is 2.08 bits per heavy atom. The molecule has 0 aromatic heterocycles. The fourth-order valence-electron chi connectivity index (χ4n) is 3.74. The van der Waals surface area contributed by atoms with Crippen molar-refractivity contribution in [2.75, 3.05) is 19.6 Å². The van der Waals surface area contributed by atoms with Gasteiger partial charge in [0.1, 0.15) is 6.04 Å². The first-order valence-electron chi connectivity index (χ1n) is 9.10. The normalized spacial score (nSPS) is 22.3. The summed E-state index contributed by atoms with van der Waals surface area (Å²) < 4.78 is 0. The van der Waals surface area contributed by atoms with Gasteiger partial charge in [-0.05, 0) is 31.1 Å². The molecule has 6 nitrogen and oxygen atoms in total. The van der Waals surface area contributed by atoms with Crippen molar-refractivity contribution in [3.05, 3.63) is 0 Å². The Hall–Kier alpha value is -1.59. The van der Waals surface area contributed by atoms with Crippen LogP contribution in [-0.2, 0) is 14.4 Å². The van der Waals surface area contributed by atoms with Gasteiger partial charge in [0.25, 0.3) is 0 Å². The zero-order valence-electron chi connectivity index (χ0n) is 14.9. The van der Waals surface area contributed by atoms with E-state index in [4.69, 9.17) is 0 Å². The van der Waals surface area contributed by atoms with Gasteiger partial charge in [0, 0.05) is 32.5 Å². The predicted molar refractivity (Wildman–Crippen MR) is 90.4 cm³/mol. The molecule has 2 saturated heterocycles. The van der Waals surface area contributed by atoms with Crippen LogP contribution in [0.2, 0.25) is 0 Å². The van der Waals surface area contributed by atoms with Crippen LogP contribution in [0.3, 0.4) is 0 Å². The second-order valence-electron chi connectivity index (χ2n) is 7.90. The van der Waals surface area contributed by atoms with Crippen LogP contribution in [0.15, 0.2) is 0 Å². The molecule has 136 valence electrons. The summed E-state index contributed by atoms with van der Waals surface area (Å²) in [6.07, 6.45) is 6.28. The van der Waals surface area contributed by atoms with Gasteiger partial charge in [0.05, 0.1) is 0 Å². The molecule has 2 aliphatic rings. The number of carbonyl (C=O) groups is 3. The van der Waals surface area contributed by atoms with E-state index in [9.17, 15) is 19.5 Å². The van der Waals surface area contributed by atoms with Crippen molar-refractivity contribution in [3.8, 4) is 0 Å². The Balaban J connectivity index is 1.91. The zero-order chi connectivity index (χ0) is 17.7. The highest BCUT2D eigenvalue weighted by molar-refractivity contribution is 5.85. The van der Waals surface area contributed by atoms with Gasteiger partial charge >= 0.3 is 5.97 Å². The summed E-state index contributed by atoms with van der Waals surface area (Å²) in [6, 6.07) is -0.699. The van der Waals surface area contributed by atoms with Crippen molar-refractivity contribution in [3.63, 3.8) is 0 Å². The number of nitrogens with zero attached hydrogens (tertiary/aromatic N) is 2. The summed E-state index contributed by atoms with van der Waals surface area (Å²) in [6.45, 7) is 5.98. The fourth-order valence-corrected chi connectivity index (χ4v) is 3.74. The fraction of sp³-hybridized carbons (Fsp3) is 0.833. The van der Waals surface area contributed by atoms with E-state index in [1.165, 1.54) is 17.7 Å². The van der Waals surface area contributed by atoms with Crippen LogP contribution < -0.4 is 0 Å². The zero-order valence-corrected chi connectivity index (χ0v) is 14.9. The first kappa shape index (κ1) is 18.7. The molecule has 2 fully saturated rings. The number of likely N-dealkylation sites (tertiary alicyclic amines) is 2. The standard InChI is InChI=1S/C18H30N2O4/c1-18(2,12-15(21)19-9-5-3-4-6-10-19)13-16(22)20-11-7-8-14(20)17(23)24/h14H,3-13H2,1-2H3,(H,23,24)/t14-/m0/s1. The topological polar surface area (TPSA) is 77.9 Å². The third-order valence-electron chi connectivity index (χ3n) is 5.08. The van der Waals surface area contributed by atoms with Gasteiger partial charge in [-0.1, -0.05) is 26.7 Å². The number of hydrogen-bond donors (Lipinski definition) is 1. The van der Waals surface area contributed by atoms with E-state index >= 15 is 0 Å². The van der Waals surface area contributed by atoms with E-state index in [1.54, 1.807) is 0 Å². The van der Waals surface area contributed by atoms with E-state index in [-0.39, 0.29) is 18.2 Å².